The second kappa shape index (κ2) is 8.27. The molecule has 2 heterocycles. The monoisotopic (exact) mass is 429 g/mol. The number of halogens is 4. The van der Waals surface area contributed by atoms with Gasteiger partial charge in [0.05, 0.1) is 16.4 Å². The number of alkyl halides is 3. The van der Waals surface area contributed by atoms with Gasteiger partial charge in [-0.05, 0) is 36.4 Å². The standard InChI is InChI=1S/C17H15ClF3N5OS/c1-2-25(9-13-6-7-14(18)28-13)15(27)10-26-23-16(22-24-26)11-4-3-5-12(8-11)17(19,20)21/h3-8H,2,9-10H2,1H3. The first-order valence-electron chi connectivity index (χ1n) is 8.23. The lowest BCUT2D eigenvalue weighted by Gasteiger charge is -2.19. The molecular formula is C17H15ClF3N5OS. The number of hydrogen-bond donors (Lipinski definition) is 0. The number of tetrazole rings is 1. The van der Waals surface area contributed by atoms with Crippen molar-refractivity contribution in [2.24, 2.45) is 0 Å². The minimum absolute atomic E-state index is 0.0204. The van der Waals surface area contributed by atoms with Crippen LogP contribution >= 0.6 is 22.9 Å². The van der Waals surface area contributed by atoms with Gasteiger partial charge in [0.1, 0.15) is 6.54 Å². The molecule has 0 aliphatic heterocycles. The molecule has 2 aromatic heterocycles. The average molecular weight is 430 g/mol. The first-order valence-corrected chi connectivity index (χ1v) is 9.43. The van der Waals surface area contributed by atoms with Gasteiger partial charge in [-0.15, -0.1) is 21.5 Å². The smallest absolute Gasteiger partial charge is 0.336 e. The number of aromatic nitrogens is 4. The van der Waals surface area contributed by atoms with Gasteiger partial charge >= 0.3 is 6.18 Å². The molecule has 0 saturated carbocycles. The number of carbonyl (C=O) groups is 1. The number of thiophene rings is 1. The first kappa shape index (κ1) is 20.3. The van der Waals surface area contributed by atoms with E-state index in [2.05, 4.69) is 15.4 Å². The SMILES string of the molecule is CCN(Cc1ccc(Cl)s1)C(=O)Cn1nnc(-c2cccc(C(F)(F)F)c2)n1. The Labute approximate surface area is 167 Å². The Bertz CT molecular complexity index is 972. The number of carbonyl (C=O) groups excluding carboxylic acids is 1. The quantitative estimate of drug-likeness (QED) is 0.591. The molecule has 0 spiro atoms. The van der Waals surface area contributed by atoms with Crippen LogP contribution in [0.15, 0.2) is 36.4 Å². The van der Waals surface area contributed by atoms with Gasteiger partial charge in [-0.1, -0.05) is 23.7 Å². The summed E-state index contributed by atoms with van der Waals surface area (Å²) in [5.74, 6) is -0.216. The van der Waals surface area contributed by atoms with Crippen LogP contribution in [0.5, 0.6) is 0 Å². The van der Waals surface area contributed by atoms with E-state index in [0.29, 0.717) is 17.4 Å². The molecule has 0 radical (unpaired) electrons. The molecule has 1 amide bonds. The van der Waals surface area contributed by atoms with Crippen LogP contribution in [0.3, 0.4) is 0 Å². The maximum absolute atomic E-state index is 12.8. The molecule has 0 saturated heterocycles. The number of amides is 1. The molecule has 148 valence electrons. The second-order valence-corrected chi connectivity index (χ2v) is 7.64. The van der Waals surface area contributed by atoms with E-state index in [0.717, 1.165) is 21.8 Å². The van der Waals surface area contributed by atoms with E-state index in [1.807, 2.05) is 13.0 Å². The molecule has 1 aromatic carbocycles. The molecule has 3 aromatic rings. The summed E-state index contributed by atoms with van der Waals surface area (Å²) in [6, 6.07) is 8.25. The molecule has 0 N–H and O–H groups in total. The maximum atomic E-state index is 12.8. The van der Waals surface area contributed by atoms with Gasteiger partial charge in [0.2, 0.25) is 11.7 Å². The Kier molecular flexibility index (Phi) is 5.99. The van der Waals surface area contributed by atoms with Crippen molar-refractivity contribution in [3.05, 3.63) is 51.2 Å². The van der Waals surface area contributed by atoms with Crippen LogP contribution in [-0.2, 0) is 24.1 Å². The molecule has 0 aliphatic rings. The van der Waals surface area contributed by atoms with Crippen molar-refractivity contribution in [1.29, 1.82) is 0 Å². The predicted molar refractivity (Wildman–Crippen MR) is 98.7 cm³/mol. The first-order chi connectivity index (χ1) is 13.3. The normalized spacial score (nSPS) is 11.6. The van der Waals surface area contributed by atoms with Crippen molar-refractivity contribution in [2.75, 3.05) is 6.54 Å². The molecule has 0 aliphatic carbocycles. The van der Waals surface area contributed by atoms with Crippen molar-refractivity contribution >= 4 is 28.8 Å². The summed E-state index contributed by atoms with van der Waals surface area (Å²) in [5.41, 5.74) is -0.627. The summed E-state index contributed by atoms with van der Waals surface area (Å²) >= 11 is 7.30. The Morgan fingerprint density at radius 3 is 2.71 bits per heavy atom. The molecule has 3 rings (SSSR count). The summed E-state index contributed by atoms with van der Waals surface area (Å²) in [5, 5.41) is 11.6. The van der Waals surface area contributed by atoms with Crippen LogP contribution in [-0.4, -0.2) is 37.6 Å². The van der Waals surface area contributed by atoms with Crippen LogP contribution < -0.4 is 0 Å². The van der Waals surface area contributed by atoms with Crippen molar-refractivity contribution in [1.82, 2.24) is 25.1 Å². The van der Waals surface area contributed by atoms with Crippen molar-refractivity contribution < 1.29 is 18.0 Å². The molecule has 0 fully saturated rings. The molecule has 6 nitrogen and oxygen atoms in total. The topological polar surface area (TPSA) is 63.9 Å². The van der Waals surface area contributed by atoms with E-state index >= 15 is 0 Å². The van der Waals surface area contributed by atoms with Gasteiger partial charge in [0, 0.05) is 17.0 Å². The summed E-state index contributed by atoms with van der Waals surface area (Å²) in [7, 11) is 0. The fourth-order valence-corrected chi connectivity index (χ4v) is 3.59. The number of likely N-dealkylation sites (N-methyl/N-ethyl adjacent to an activating group) is 1. The highest BCUT2D eigenvalue weighted by Gasteiger charge is 2.30. The summed E-state index contributed by atoms with van der Waals surface area (Å²) in [6.45, 7) is 2.56. The predicted octanol–water partition coefficient (Wildman–Crippen LogP) is 4.12. The van der Waals surface area contributed by atoms with Crippen LogP contribution in [0.25, 0.3) is 11.4 Å². The minimum Gasteiger partial charge on any atom is -0.336 e. The van der Waals surface area contributed by atoms with Gasteiger partial charge in [-0.3, -0.25) is 4.79 Å². The van der Waals surface area contributed by atoms with Crippen LogP contribution in [0.2, 0.25) is 4.34 Å². The van der Waals surface area contributed by atoms with Gasteiger partial charge in [-0.25, -0.2) is 0 Å². The fraction of sp³-hybridized carbons (Fsp3) is 0.294. The zero-order valence-electron chi connectivity index (χ0n) is 14.6. The van der Waals surface area contributed by atoms with E-state index in [9.17, 15) is 18.0 Å². The third kappa shape index (κ3) is 4.87. The van der Waals surface area contributed by atoms with Gasteiger partial charge in [-0.2, -0.15) is 18.0 Å². The van der Waals surface area contributed by atoms with Crippen LogP contribution in [0.4, 0.5) is 13.2 Å². The average Bonchev–Trinajstić information content (AvgIpc) is 3.28. The molecule has 11 heteroatoms. The zero-order chi connectivity index (χ0) is 20.3. The Balaban J connectivity index is 1.70. The molecule has 0 unspecified atom stereocenters. The Hall–Kier alpha value is -2.46. The lowest BCUT2D eigenvalue weighted by atomic mass is 10.1. The number of benzene rings is 1. The number of rotatable bonds is 6. The summed E-state index contributed by atoms with van der Waals surface area (Å²) in [6.07, 6.45) is -4.46. The largest absolute Gasteiger partial charge is 0.416 e. The molecule has 0 atom stereocenters. The van der Waals surface area contributed by atoms with Gasteiger partial charge < -0.3 is 4.90 Å². The highest BCUT2D eigenvalue weighted by molar-refractivity contribution is 7.16. The van der Waals surface area contributed by atoms with Gasteiger partial charge in [0.25, 0.3) is 0 Å². The lowest BCUT2D eigenvalue weighted by molar-refractivity contribution is -0.137. The Morgan fingerprint density at radius 2 is 2.07 bits per heavy atom. The maximum Gasteiger partial charge on any atom is 0.416 e. The van der Waals surface area contributed by atoms with E-state index in [-0.39, 0.29) is 23.8 Å². The van der Waals surface area contributed by atoms with Crippen molar-refractivity contribution in [2.45, 2.75) is 26.2 Å². The van der Waals surface area contributed by atoms with E-state index in [1.165, 1.54) is 23.5 Å². The van der Waals surface area contributed by atoms with E-state index in [1.54, 1.807) is 11.0 Å². The molecule has 28 heavy (non-hydrogen) atoms. The summed E-state index contributed by atoms with van der Waals surface area (Å²) < 4.78 is 39.2. The third-order valence-electron chi connectivity index (χ3n) is 3.89. The third-order valence-corrected chi connectivity index (χ3v) is 5.10. The van der Waals surface area contributed by atoms with Crippen molar-refractivity contribution in [3.63, 3.8) is 0 Å². The Morgan fingerprint density at radius 1 is 1.29 bits per heavy atom. The number of nitrogens with zero attached hydrogens (tertiary/aromatic N) is 5. The lowest BCUT2D eigenvalue weighted by Crippen LogP contribution is -2.33. The minimum atomic E-state index is -4.46. The fourth-order valence-electron chi connectivity index (χ4n) is 2.48. The number of hydrogen-bond acceptors (Lipinski definition) is 5. The highest BCUT2D eigenvalue weighted by atomic mass is 35.5. The highest BCUT2D eigenvalue weighted by Crippen LogP contribution is 2.31. The second-order valence-electron chi connectivity index (χ2n) is 5.84. The van der Waals surface area contributed by atoms with Crippen molar-refractivity contribution in [3.8, 4) is 11.4 Å². The molecular weight excluding hydrogens is 415 g/mol. The van der Waals surface area contributed by atoms with Gasteiger partial charge in [0.15, 0.2) is 0 Å². The van der Waals surface area contributed by atoms with E-state index in [4.69, 9.17) is 11.6 Å². The van der Waals surface area contributed by atoms with Crippen LogP contribution in [0.1, 0.15) is 17.4 Å². The van der Waals surface area contributed by atoms with E-state index < -0.39 is 11.7 Å². The molecule has 0 bridgehead atoms. The van der Waals surface area contributed by atoms with Crippen LogP contribution in [0, 0.1) is 0 Å². The summed E-state index contributed by atoms with van der Waals surface area (Å²) in [4.78, 5) is 16.1. The zero-order valence-corrected chi connectivity index (χ0v) is 16.2.